The van der Waals surface area contributed by atoms with Crippen LogP contribution in [0.5, 0.6) is 0 Å². The van der Waals surface area contributed by atoms with E-state index in [-0.39, 0.29) is 21.1 Å². The molecular formula is C51H43Cl2P2Ru-. The first-order chi connectivity index (χ1) is 27.7. The van der Waals surface area contributed by atoms with Crippen LogP contribution in [0.4, 0.5) is 0 Å². The number of hydrogen-bond acceptors (Lipinski definition) is 0. The maximum absolute atomic E-state index is 5.71. The molecular weight excluding hydrogens is 846 g/mol. The van der Waals surface area contributed by atoms with Crippen LogP contribution in [0.3, 0.4) is 0 Å². The smallest absolute Gasteiger partial charge is 0.0134 e. The van der Waals surface area contributed by atoms with Gasteiger partial charge in [-0.15, -0.1) is 0 Å². The summed E-state index contributed by atoms with van der Waals surface area (Å²) in [5.41, 5.74) is 2.46. The van der Waals surface area contributed by atoms with E-state index in [9.17, 15) is 0 Å². The normalized spacial score (nSPS) is 10.3. The number of halogens is 2. The zero-order valence-corrected chi connectivity index (χ0v) is 35.9. The van der Waals surface area contributed by atoms with Crippen LogP contribution in [0.2, 0.25) is 0 Å². The van der Waals surface area contributed by atoms with Gasteiger partial charge in [0.25, 0.3) is 0 Å². The molecule has 0 aromatic heterocycles. The maximum Gasteiger partial charge on any atom is -0.0134 e. The van der Waals surface area contributed by atoms with Gasteiger partial charge in [0.15, 0.2) is 0 Å². The summed E-state index contributed by atoms with van der Waals surface area (Å²) >= 11 is -0.346. The second kappa shape index (κ2) is 24.9. The summed E-state index contributed by atoms with van der Waals surface area (Å²) < 4.78 is 0. The summed E-state index contributed by atoms with van der Waals surface area (Å²) in [5, 5.41) is 8.39. The van der Waals surface area contributed by atoms with Crippen molar-refractivity contribution in [3.05, 3.63) is 266 Å². The van der Waals surface area contributed by atoms with E-state index in [0.717, 1.165) is 0 Å². The molecule has 0 fully saturated rings. The molecule has 0 saturated heterocycles. The quantitative estimate of drug-likeness (QED) is 0.0770. The second-order valence-corrected chi connectivity index (χ2v) is 19.3. The molecule has 0 atom stereocenters. The maximum atomic E-state index is 5.71. The molecule has 0 unspecified atom stereocenters. The van der Waals surface area contributed by atoms with Gasteiger partial charge in [-0.3, -0.25) is 6.08 Å². The van der Waals surface area contributed by atoms with Crippen LogP contribution in [-0.4, -0.2) is 0 Å². The predicted molar refractivity (Wildman–Crippen MR) is 246 cm³/mol. The summed E-state index contributed by atoms with van der Waals surface area (Å²) in [6, 6.07) is 85.2. The van der Waals surface area contributed by atoms with Crippen LogP contribution < -0.4 is 31.8 Å². The van der Waals surface area contributed by atoms with Crippen molar-refractivity contribution in [3.8, 4) is 0 Å². The van der Waals surface area contributed by atoms with Crippen molar-refractivity contribution in [2.45, 2.75) is 5.92 Å². The Morgan fingerprint density at radius 2 is 0.482 bits per heavy atom. The van der Waals surface area contributed by atoms with Crippen molar-refractivity contribution >= 4 is 67.1 Å². The number of rotatable bonds is 9. The molecule has 0 saturated carbocycles. The molecule has 0 aliphatic rings. The summed E-state index contributed by atoms with van der Waals surface area (Å²) in [6.45, 7) is 5.71. The van der Waals surface area contributed by atoms with Gasteiger partial charge < -0.3 is 6.58 Å². The van der Waals surface area contributed by atoms with Crippen LogP contribution >= 0.6 is 35.2 Å². The molecule has 5 heteroatoms. The van der Waals surface area contributed by atoms with E-state index < -0.39 is 15.8 Å². The van der Waals surface area contributed by atoms with Crippen molar-refractivity contribution in [2.24, 2.45) is 0 Å². The third kappa shape index (κ3) is 13.4. The Balaban J connectivity index is 0.000000156. The van der Waals surface area contributed by atoms with Crippen molar-refractivity contribution < 1.29 is 15.1 Å². The van der Waals surface area contributed by atoms with E-state index in [1.54, 1.807) is 6.08 Å². The van der Waals surface area contributed by atoms with Gasteiger partial charge in [-0.05, 0) is 64.7 Å². The zero-order chi connectivity index (χ0) is 39.0. The largest absolute Gasteiger partial charge is 0.0622 e. The SMILES string of the molecule is [CH-]=CC(c1ccccc1)c1ccccc1.[Cl][Ru][Cl].c1ccc(P(c2ccccc2)c2ccccc2)cc1.c1ccc(P(c2ccccc2)c2ccccc2)cc1. The molecule has 0 N–H and O–H groups in total. The number of benzene rings is 8. The minimum Gasteiger partial charge on any atom is -0.0622 e. The third-order valence-corrected chi connectivity index (χ3v) is 13.5. The minimum atomic E-state index is -0.446. The molecule has 8 aromatic rings. The van der Waals surface area contributed by atoms with E-state index in [1.807, 2.05) is 36.4 Å². The average molecular weight is 890 g/mol. The molecule has 8 rings (SSSR count). The molecule has 8 aromatic carbocycles. The van der Waals surface area contributed by atoms with Gasteiger partial charge in [0.2, 0.25) is 0 Å². The van der Waals surface area contributed by atoms with E-state index >= 15 is 0 Å². The molecule has 0 heterocycles. The first-order valence-electron chi connectivity index (χ1n) is 18.1. The number of allylic oxidation sites excluding steroid dienone is 1. The van der Waals surface area contributed by atoms with E-state index in [0.29, 0.717) is 0 Å². The first kappa shape index (κ1) is 42.7. The summed E-state index contributed by atoms with van der Waals surface area (Å²) in [5.74, 6) is 0.187. The molecule has 0 nitrogen and oxygen atoms in total. The molecule has 280 valence electrons. The van der Waals surface area contributed by atoms with Crippen molar-refractivity contribution in [3.63, 3.8) is 0 Å². The van der Waals surface area contributed by atoms with E-state index in [4.69, 9.17) is 26.0 Å². The molecule has 56 heavy (non-hydrogen) atoms. The fourth-order valence-corrected chi connectivity index (χ4v) is 10.7. The summed E-state index contributed by atoms with van der Waals surface area (Å²) in [4.78, 5) is 0. The molecule has 0 bridgehead atoms. The van der Waals surface area contributed by atoms with Crippen LogP contribution in [0, 0.1) is 6.58 Å². The molecule has 0 radical (unpaired) electrons. The first-order valence-corrected chi connectivity index (χ1v) is 25.3. The Bertz CT molecular complexity index is 1850. The molecule has 0 amide bonds. The fourth-order valence-electron chi connectivity index (χ4n) is 6.09. The fraction of sp³-hybridized carbons (Fsp3) is 0.0196. The second-order valence-electron chi connectivity index (χ2n) is 12.2. The monoisotopic (exact) mass is 889 g/mol. The van der Waals surface area contributed by atoms with Crippen LogP contribution in [0.25, 0.3) is 0 Å². The van der Waals surface area contributed by atoms with Crippen molar-refractivity contribution in [1.82, 2.24) is 0 Å². The number of hydrogen-bond donors (Lipinski definition) is 0. The van der Waals surface area contributed by atoms with Gasteiger partial charge in [0.1, 0.15) is 0 Å². The average Bonchev–Trinajstić information content (AvgIpc) is 3.28. The van der Waals surface area contributed by atoms with Gasteiger partial charge in [-0.2, -0.15) is 0 Å². The Morgan fingerprint density at radius 1 is 0.321 bits per heavy atom. The molecule has 0 aliphatic heterocycles. The summed E-state index contributed by atoms with van der Waals surface area (Å²) in [6.07, 6.45) is 1.74. The van der Waals surface area contributed by atoms with Gasteiger partial charge in [0, 0.05) is 0 Å². The van der Waals surface area contributed by atoms with Gasteiger partial charge >= 0.3 is 34.5 Å². The van der Waals surface area contributed by atoms with Gasteiger partial charge in [-0.25, -0.2) is 0 Å². The zero-order valence-electron chi connectivity index (χ0n) is 30.8. The Morgan fingerprint density at radius 3 is 0.643 bits per heavy atom. The van der Waals surface area contributed by atoms with Crippen LogP contribution in [-0.2, 0) is 15.1 Å². The van der Waals surface area contributed by atoms with Crippen molar-refractivity contribution in [1.29, 1.82) is 0 Å². The Labute approximate surface area is 352 Å². The molecule has 0 spiro atoms. The summed E-state index contributed by atoms with van der Waals surface area (Å²) in [7, 11) is 8.82. The van der Waals surface area contributed by atoms with Crippen molar-refractivity contribution in [2.75, 3.05) is 0 Å². The van der Waals surface area contributed by atoms with E-state index in [1.165, 1.54) is 43.0 Å². The van der Waals surface area contributed by atoms with Crippen LogP contribution in [0.1, 0.15) is 17.0 Å². The minimum absolute atomic E-state index is 0.187. The predicted octanol–water partition coefficient (Wildman–Crippen LogP) is 12.1. The van der Waals surface area contributed by atoms with E-state index in [2.05, 4.69) is 206 Å². The van der Waals surface area contributed by atoms with Gasteiger partial charge in [0.05, 0.1) is 0 Å². The van der Waals surface area contributed by atoms with Gasteiger partial charge in [-0.1, -0.05) is 243 Å². The standard InChI is InChI=1S/2C18H15P.C15H13.2ClH.Ru/c2*1-4-10-16(11-5-1)19(17-12-6-2-7-13-17)18-14-8-3-9-15-18;1-2-15(13-9-5-3-6-10-13)14-11-7-4-8-12-14;;;/h2*1-15H;1-12,15H;2*1H;/q;;-1;;;+2/p-2. The molecule has 0 aliphatic carbocycles. The topological polar surface area (TPSA) is 0 Å². The Kier molecular flexibility index (Phi) is 19.0. The van der Waals surface area contributed by atoms with Crippen LogP contribution in [0.15, 0.2) is 249 Å². The third-order valence-electron chi connectivity index (χ3n) is 8.60. The Hall–Kier alpha value is -4.44.